The van der Waals surface area contributed by atoms with Crippen LogP contribution in [-0.2, 0) is 39.4 Å². The average molecular weight is 750 g/mol. The number of imidazole rings is 1. The molecule has 0 amide bonds. The highest BCUT2D eigenvalue weighted by Crippen LogP contribution is 2.52. The number of hydrogen-bond donors (Lipinski definition) is 6. The van der Waals surface area contributed by atoms with Crippen molar-refractivity contribution in [1.82, 2.24) is 34.1 Å². The molecule has 9 atom stereocenters. The lowest BCUT2D eigenvalue weighted by molar-refractivity contribution is -0.0497. The number of nitrogens with two attached hydrogens (primary N) is 2. The van der Waals surface area contributed by atoms with Gasteiger partial charge in [-0.1, -0.05) is 36.6 Å². The van der Waals surface area contributed by atoms with Crippen LogP contribution in [0, 0.1) is 11.8 Å². The van der Waals surface area contributed by atoms with Crippen LogP contribution in [0.4, 0.5) is 11.8 Å². The molecular formula is C23H29N9O10P2S3. The fraction of sp³-hybridized carbons (Fsp3) is 0.478. The third kappa shape index (κ3) is 6.96. The SMILES string of the molecule is C=CC1C(C)[C@@H](COP(O)(=S)O[C@@H]2CC(COP(=O)(O)S)O[C@H]2n2c(=O)sc3c(=O)[nH]c(N)nc32)O[C@H]1n1cnc2c(N)ncnc21. The van der Waals surface area contributed by atoms with Crippen LogP contribution in [-0.4, -0.2) is 75.4 Å². The van der Waals surface area contributed by atoms with Crippen molar-refractivity contribution in [1.29, 1.82) is 0 Å². The Morgan fingerprint density at radius 1 is 1.21 bits per heavy atom. The summed E-state index contributed by atoms with van der Waals surface area (Å²) < 4.78 is 43.2. The fourth-order valence-electron chi connectivity index (χ4n) is 5.60. The van der Waals surface area contributed by atoms with Gasteiger partial charge in [0.1, 0.15) is 28.9 Å². The molecule has 2 fully saturated rings. The number of anilines is 2. The van der Waals surface area contributed by atoms with Gasteiger partial charge < -0.3 is 39.8 Å². The van der Waals surface area contributed by atoms with Gasteiger partial charge in [-0.05, 0) is 17.7 Å². The second-order valence-corrected chi connectivity index (χ2v) is 17.2. The highest BCUT2D eigenvalue weighted by Gasteiger charge is 2.45. The lowest BCUT2D eigenvalue weighted by Crippen LogP contribution is -2.29. The first-order valence-electron chi connectivity index (χ1n) is 13.8. The zero-order valence-electron chi connectivity index (χ0n) is 24.3. The Morgan fingerprint density at radius 3 is 2.70 bits per heavy atom. The number of fused-ring (bicyclic) bond motifs is 2. The van der Waals surface area contributed by atoms with Crippen molar-refractivity contribution in [2.24, 2.45) is 11.8 Å². The number of hydrogen-bond acceptors (Lipinski definition) is 16. The number of aromatic nitrogens is 7. The smallest absolute Gasteiger partial charge is 0.382 e. The van der Waals surface area contributed by atoms with Crippen LogP contribution in [0.3, 0.4) is 0 Å². The Morgan fingerprint density at radius 2 is 1.98 bits per heavy atom. The molecule has 5 unspecified atom stereocenters. The Bertz CT molecular complexity index is 2050. The van der Waals surface area contributed by atoms with E-state index in [1.165, 1.54) is 6.33 Å². The van der Waals surface area contributed by atoms with E-state index in [0.29, 0.717) is 22.5 Å². The van der Waals surface area contributed by atoms with Gasteiger partial charge in [0, 0.05) is 12.3 Å². The van der Waals surface area contributed by atoms with E-state index in [-0.39, 0.29) is 47.0 Å². The summed E-state index contributed by atoms with van der Waals surface area (Å²) in [5.74, 6) is -0.429. The Kier molecular flexibility index (Phi) is 9.50. The van der Waals surface area contributed by atoms with E-state index in [2.05, 4.69) is 43.7 Å². The number of nitrogens with one attached hydrogen (secondary N) is 1. The van der Waals surface area contributed by atoms with Crippen molar-refractivity contribution < 1.29 is 37.4 Å². The van der Waals surface area contributed by atoms with Gasteiger partial charge in [0.2, 0.25) is 5.95 Å². The molecule has 4 aromatic heterocycles. The molecule has 0 bridgehead atoms. The number of H-pyrrole nitrogens is 1. The van der Waals surface area contributed by atoms with Crippen LogP contribution in [0.1, 0.15) is 25.8 Å². The maximum absolute atomic E-state index is 13.1. The van der Waals surface area contributed by atoms with Crippen LogP contribution < -0.4 is 21.9 Å². The van der Waals surface area contributed by atoms with E-state index < -0.39 is 61.3 Å². The number of nitrogens with zero attached hydrogens (tertiary/aromatic N) is 6. The predicted molar refractivity (Wildman–Crippen MR) is 176 cm³/mol. The predicted octanol–water partition coefficient (Wildman–Crippen LogP) is 1.44. The minimum absolute atomic E-state index is 0.0281. The minimum Gasteiger partial charge on any atom is -0.382 e. The van der Waals surface area contributed by atoms with Crippen LogP contribution >= 0.6 is 37.1 Å². The molecule has 7 N–H and O–H groups in total. The van der Waals surface area contributed by atoms with Crippen LogP contribution in [0.15, 0.2) is 34.9 Å². The molecule has 24 heteroatoms. The van der Waals surface area contributed by atoms with Gasteiger partial charge in [0.15, 0.2) is 23.3 Å². The van der Waals surface area contributed by atoms with Crippen molar-refractivity contribution in [2.75, 3.05) is 24.7 Å². The number of ether oxygens (including phenoxy) is 2. The zero-order chi connectivity index (χ0) is 33.8. The Balaban J connectivity index is 1.21. The highest BCUT2D eigenvalue weighted by atomic mass is 32.7. The molecule has 254 valence electrons. The topological polar surface area (TPSA) is 267 Å². The number of thiazole rings is 1. The van der Waals surface area contributed by atoms with Gasteiger partial charge in [-0.2, -0.15) is 4.98 Å². The van der Waals surface area contributed by atoms with E-state index in [1.54, 1.807) is 17.0 Å². The van der Waals surface area contributed by atoms with E-state index in [9.17, 15) is 23.9 Å². The number of rotatable bonds is 11. The molecule has 6 heterocycles. The molecular weight excluding hydrogens is 720 g/mol. The highest BCUT2D eigenvalue weighted by molar-refractivity contribution is 8.44. The molecule has 2 aliphatic rings. The second-order valence-electron chi connectivity index (χ2n) is 10.7. The number of nitrogen functional groups attached to an aromatic ring is 2. The summed E-state index contributed by atoms with van der Waals surface area (Å²) in [5, 5.41) is 0. The van der Waals surface area contributed by atoms with E-state index in [4.69, 9.17) is 46.3 Å². The Hall–Kier alpha value is -2.59. The summed E-state index contributed by atoms with van der Waals surface area (Å²) in [4.78, 5) is 64.5. The first-order chi connectivity index (χ1) is 22.2. The summed E-state index contributed by atoms with van der Waals surface area (Å²) in [6, 6.07) is 0. The summed E-state index contributed by atoms with van der Waals surface area (Å²) >= 11 is 9.46. The molecule has 2 aliphatic heterocycles. The maximum atomic E-state index is 13.1. The lowest BCUT2D eigenvalue weighted by Gasteiger charge is -2.25. The molecule has 0 radical (unpaired) electrons. The zero-order valence-corrected chi connectivity index (χ0v) is 28.6. The fourth-order valence-corrected chi connectivity index (χ4v) is 8.44. The van der Waals surface area contributed by atoms with Crippen LogP contribution in [0.2, 0.25) is 0 Å². The molecule has 0 aliphatic carbocycles. The molecule has 2 saturated heterocycles. The van der Waals surface area contributed by atoms with Gasteiger partial charge >= 0.3 is 18.4 Å². The van der Waals surface area contributed by atoms with E-state index in [0.717, 1.165) is 4.57 Å². The summed E-state index contributed by atoms with van der Waals surface area (Å²) in [5.41, 5.74) is 11.8. The molecule has 47 heavy (non-hydrogen) atoms. The summed E-state index contributed by atoms with van der Waals surface area (Å²) in [6.45, 7) is -3.01. The molecule has 0 aromatic carbocycles. The standard InChI is InChI=1S/C23H29N9O10P2S3/c1-3-11-9(2)13(41-20(11)31-8-28-14-16(24)26-7-27-17(14)31)6-39-44(37,46)42-12-4-10(5-38-43(35,36)45)40-21(12)32-18-15(47-23(32)34)19(33)30-22(25)29-18/h3,7-13,20-21H,1,4-6H2,2H3,(H,37,46)(H2,24,26,27)(H2,35,36,45)(H3,25,29,30,33)/t9?,10?,11?,12-,13-,20-,21-,44?/m1/s1. The summed E-state index contributed by atoms with van der Waals surface area (Å²) in [7, 11) is 0. The third-order valence-corrected chi connectivity index (χ3v) is 11.1. The third-order valence-electron chi connectivity index (χ3n) is 7.76. The molecule has 4 aromatic rings. The average Bonchev–Trinajstić information content (AvgIpc) is 3.74. The van der Waals surface area contributed by atoms with Crippen molar-refractivity contribution in [3.05, 3.63) is 45.3 Å². The van der Waals surface area contributed by atoms with Crippen molar-refractivity contribution >= 4 is 82.2 Å². The normalized spacial score (nSPS) is 28.9. The van der Waals surface area contributed by atoms with Gasteiger partial charge in [-0.25, -0.2) is 19.5 Å². The molecule has 19 nitrogen and oxygen atoms in total. The Labute approximate surface area is 278 Å². The van der Waals surface area contributed by atoms with Gasteiger partial charge in [-0.3, -0.25) is 28.2 Å². The summed E-state index contributed by atoms with van der Waals surface area (Å²) in [6.07, 6.45) is -0.0355. The van der Waals surface area contributed by atoms with Crippen molar-refractivity contribution in [3.63, 3.8) is 0 Å². The second kappa shape index (κ2) is 13.0. The monoisotopic (exact) mass is 749 g/mol. The molecule has 0 spiro atoms. The maximum Gasteiger partial charge on any atom is 0.383 e. The largest absolute Gasteiger partial charge is 0.383 e. The van der Waals surface area contributed by atoms with Gasteiger partial charge in [0.05, 0.1) is 31.7 Å². The lowest BCUT2D eigenvalue weighted by atomic mass is 9.91. The van der Waals surface area contributed by atoms with Gasteiger partial charge in [0.25, 0.3) is 5.56 Å². The minimum atomic E-state index is -4.19. The van der Waals surface area contributed by atoms with Crippen molar-refractivity contribution in [3.8, 4) is 0 Å². The van der Waals surface area contributed by atoms with Crippen LogP contribution in [0.25, 0.3) is 21.5 Å². The molecule has 0 saturated carbocycles. The van der Waals surface area contributed by atoms with Gasteiger partial charge in [-0.15, -0.1) is 6.58 Å². The van der Waals surface area contributed by atoms with Crippen molar-refractivity contribution in [2.45, 2.75) is 44.1 Å². The first kappa shape index (κ1) is 34.3. The first-order valence-corrected chi connectivity index (χ1v) is 19.9. The van der Waals surface area contributed by atoms with Crippen LogP contribution in [0.5, 0.6) is 0 Å². The van der Waals surface area contributed by atoms with E-state index in [1.807, 2.05) is 6.92 Å². The van der Waals surface area contributed by atoms with E-state index >= 15 is 0 Å². The molecule has 6 rings (SSSR count). The number of aromatic amines is 1. The quantitative estimate of drug-likeness (QED) is 0.0719. The number of thiol groups is 1.